The number of carboxylic acid groups (broad SMARTS) is 1. The van der Waals surface area contributed by atoms with Crippen LogP contribution >= 0.6 is 0 Å². The van der Waals surface area contributed by atoms with E-state index >= 15 is 0 Å². The van der Waals surface area contributed by atoms with Crippen molar-refractivity contribution in [3.05, 3.63) is 11.9 Å². The number of aromatic nitrogens is 2. The largest absolute Gasteiger partial charge is 0.476 e. The smallest absolute Gasteiger partial charge is 0.409 e. The molecule has 0 aromatic carbocycles. The Morgan fingerprint density at radius 1 is 1.62 bits per heavy atom. The summed E-state index contributed by atoms with van der Waals surface area (Å²) >= 11 is 0. The third-order valence-corrected chi connectivity index (χ3v) is 2.37. The lowest BCUT2D eigenvalue weighted by Crippen LogP contribution is -2.33. The van der Waals surface area contributed by atoms with Gasteiger partial charge < -0.3 is 15.0 Å². The minimum atomic E-state index is -4.40. The molecule has 1 aliphatic rings. The molecule has 1 aromatic rings. The van der Waals surface area contributed by atoms with Crippen LogP contribution in [0.1, 0.15) is 23.0 Å². The van der Waals surface area contributed by atoms with Crippen LogP contribution in [0.15, 0.2) is 6.20 Å². The Balaban J connectivity index is 2.42. The van der Waals surface area contributed by atoms with Crippen molar-refractivity contribution in [2.24, 2.45) is 0 Å². The Bertz CT molecular complexity index is 427. The van der Waals surface area contributed by atoms with Crippen molar-refractivity contribution in [1.29, 1.82) is 0 Å². The molecule has 16 heavy (non-hydrogen) atoms. The average Bonchev–Trinajstić information content (AvgIpc) is 2.58. The molecule has 2 N–H and O–H groups in total. The molecule has 2 rings (SSSR count). The number of rotatable bonds is 1. The summed E-state index contributed by atoms with van der Waals surface area (Å²) in [6, 6.07) is -1.70. The number of anilines is 1. The molecule has 0 saturated carbocycles. The predicted octanol–water partition coefficient (Wildman–Crippen LogP) is 1.50. The fraction of sp³-hybridized carbons (Fsp3) is 0.500. The van der Waals surface area contributed by atoms with Gasteiger partial charge in [-0.05, 0) is 6.42 Å². The summed E-state index contributed by atoms with van der Waals surface area (Å²) < 4.78 is 38.6. The molecule has 1 unspecified atom stereocenters. The quantitative estimate of drug-likeness (QED) is 0.774. The second-order valence-electron chi connectivity index (χ2n) is 3.44. The molecule has 2 heterocycles. The van der Waals surface area contributed by atoms with Crippen LogP contribution in [-0.2, 0) is 0 Å². The van der Waals surface area contributed by atoms with E-state index in [-0.39, 0.29) is 18.9 Å². The van der Waals surface area contributed by atoms with Crippen LogP contribution in [0, 0.1) is 0 Å². The summed E-state index contributed by atoms with van der Waals surface area (Å²) in [5.74, 6) is -1.39. The van der Waals surface area contributed by atoms with Crippen LogP contribution < -0.4 is 5.32 Å². The molecule has 0 radical (unpaired) electrons. The van der Waals surface area contributed by atoms with E-state index in [0.717, 1.165) is 10.8 Å². The van der Waals surface area contributed by atoms with Crippen molar-refractivity contribution in [1.82, 2.24) is 9.55 Å². The molecule has 0 amide bonds. The van der Waals surface area contributed by atoms with Crippen LogP contribution in [0.25, 0.3) is 0 Å². The van der Waals surface area contributed by atoms with Crippen molar-refractivity contribution in [3.63, 3.8) is 0 Å². The number of nitrogens with one attached hydrogen (secondary N) is 1. The van der Waals surface area contributed by atoms with E-state index in [1.54, 1.807) is 0 Å². The molecule has 0 aliphatic carbocycles. The van der Waals surface area contributed by atoms with Crippen molar-refractivity contribution < 1.29 is 23.1 Å². The van der Waals surface area contributed by atoms with Crippen LogP contribution in [0.4, 0.5) is 19.1 Å². The van der Waals surface area contributed by atoms with Crippen LogP contribution in [0.2, 0.25) is 0 Å². The number of fused-ring (bicyclic) bond motifs is 1. The lowest BCUT2D eigenvalue weighted by Gasteiger charge is -2.27. The summed E-state index contributed by atoms with van der Waals surface area (Å²) in [4.78, 5) is 14.2. The molecule has 0 spiro atoms. The van der Waals surface area contributed by atoms with E-state index in [9.17, 15) is 18.0 Å². The topological polar surface area (TPSA) is 67.1 Å². The van der Waals surface area contributed by atoms with Gasteiger partial charge in [0, 0.05) is 12.7 Å². The highest BCUT2D eigenvalue weighted by Crippen LogP contribution is 2.37. The molecule has 8 heteroatoms. The maximum absolute atomic E-state index is 12.6. The minimum absolute atomic E-state index is 0.0500. The highest BCUT2D eigenvalue weighted by molar-refractivity contribution is 5.85. The molecule has 0 saturated heterocycles. The Morgan fingerprint density at radius 2 is 2.31 bits per heavy atom. The van der Waals surface area contributed by atoms with E-state index in [1.165, 1.54) is 0 Å². The second kappa shape index (κ2) is 3.39. The van der Waals surface area contributed by atoms with Gasteiger partial charge in [0.15, 0.2) is 5.69 Å². The molecule has 0 bridgehead atoms. The van der Waals surface area contributed by atoms with Crippen LogP contribution in [0.5, 0.6) is 0 Å². The van der Waals surface area contributed by atoms with Gasteiger partial charge in [-0.3, -0.25) is 0 Å². The van der Waals surface area contributed by atoms with Gasteiger partial charge in [0.1, 0.15) is 6.04 Å². The molecule has 5 nitrogen and oxygen atoms in total. The summed E-state index contributed by atoms with van der Waals surface area (Å²) in [6.07, 6.45) is -3.62. The van der Waals surface area contributed by atoms with Crippen molar-refractivity contribution in [3.8, 4) is 0 Å². The SMILES string of the molecule is O=C(O)c1cn2c(n1)NCCC2C(F)(F)F. The Kier molecular flexibility index (Phi) is 2.28. The highest BCUT2D eigenvalue weighted by Gasteiger charge is 2.43. The van der Waals surface area contributed by atoms with Crippen molar-refractivity contribution in [2.75, 3.05) is 11.9 Å². The van der Waals surface area contributed by atoms with E-state index in [4.69, 9.17) is 5.11 Å². The van der Waals surface area contributed by atoms with Gasteiger partial charge >= 0.3 is 12.1 Å². The summed E-state index contributed by atoms with van der Waals surface area (Å²) in [7, 11) is 0. The number of carbonyl (C=O) groups is 1. The maximum atomic E-state index is 12.6. The summed E-state index contributed by atoms with van der Waals surface area (Å²) in [5, 5.41) is 11.3. The van der Waals surface area contributed by atoms with Gasteiger partial charge in [-0.15, -0.1) is 0 Å². The molecular formula is C8H8F3N3O2. The first-order chi connectivity index (χ1) is 7.39. The van der Waals surface area contributed by atoms with Gasteiger partial charge in [-0.2, -0.15) is 13.2 Å². The minimum Gasteiger partial charge on any atom is -0.476 e. The molecular weight excluding hydrogens is 227 g/mol. The zero-order valence-electron chi connectivity index (χ0n) is 7.95. The molecule has 88 valence electrons. The molecule has 1 aromatic heterocycles. The van der Waals surface area contributed by atoms with Crippen LogP contribution in [-0.4, -0.2) is 33.3 Å². The molecule has 1 aliphatic heterocycles. The van der Waals surface area contributed by atoms with Crippen LogP contribution in [0.3, 0.4) is 0 Å². The first kappa shape index (κ1) is 10.8. The molecule has 1 atom stereocenters. The predicted molar refractivity (Wildman–Crippen MR) is 47.4 cm³/mol. The first-order valence-electron chi connectivity index (χ1n) is 4.52. The second-order valence-corrected chi connectivity index (χ2v) is 3.44. The summed E-state index contributed by atoms with van der Waals surface area (Å²) in [5.41, 5.74) is -0.390. The fourth-order valence-corrected chi connectivity index (χ4v) is 1.65. The van der Waals surface area contributed by atoms with Crippen molar-refractivity contribution in [2.45, 2.75) is 18.6 Å². The van der Waals surface area contributed by atoms with Gasteiger partial charge in [0.2, 0.25) is 5.95 Å². The zero-order valence-corrected chi connectivity index (χ0v) is 7.95. The normalized spacial score (nSPS) is 20.1. The third-order valence-electron chi connectivity index (χ3n) is 2.37. The lowest BCUT2D eigenvalue weighted by atomic mass is 10.1. The number of carboxylic acids is 1. The number of aromatic carboxylic acids is 1. The number of imidazole rings is 1. The average molecular weight is 235 g/mol. The third kappa shape index (κ3) is 1.70. The van der Waals surface area contributed by atoms with E-state index in [0.29, 0.717) is 0 Å². The number of nitrogens with zero attached hydrogens (tertiary/aromatic N) is 2. The van der Waals surface area contributed by atoms with E-state index in [1.807, 2.05) is 0 Å². The monoisotopic (exact) mass is 235 g/mol. The van der Waals surface area contributed by atoms with Gasteiger partial charge in [-0.25, -0.2) is 9.78 Å². The number of halogens is 3. The summed E-state index contributed by atoms with van der Waals surface area (Å²) in [6.45, 7) is 0.125. The van der Waals surface area contributed by atoms with E-state index < -0.39 is 23.9 Å². The van der Waals surface area contributed by atoms with Gasteiger partial charge in [-0.1, -0.05) is 0 Å². The van der Waals surface area contributed by atoms with Gasteiger partial charge in [0.05, 0.1) is 0 Å². The molecule has 0 fully saturated rings. The Hall–Kier alpha value is -1.73. The maximum Gasteiger partial charge on any atom is 0.409 e. The van der Waals surface area contributed by atoms with E-state index in [2.05, 4.69) is 10.3 Å². The number of hydrogen-bond donors (Lipinski definition) is 2. The first-order valence-corrected chi connectivity index (χ1v) is 4.52. The Labute approximate surface area is 87.9 Å². The Morgan fingerprint density at radius 3 is 2.88 bits per heavy atom. The lowest BCUT2D eigenvalue weighted by molar-refractivity contribution is -0.169. The van der Waals surface area contributed by atoms with Gasteiger partial charge in [0.25, 0.3) is 0 Å². The van der Waals surface area contributed by atoms with Crippen molar-refractivity contribution >= 4 is 11.9 Å². The highest BCUT2D eigenvalue weighted by atomic mass is 19.4. The number of hydrogen-bond acceptors (Lipinski definition) is 3. The fourth-order valence-electron chi connectivity index (χ4n) is 1.65. The number of alkyl halides is 3. The zero-order chi connectivity index (χ0) is 11.9. The standard InChI is InChI=1S/C8H8F3N3O2/c9-8(10,11)5-1-2-12-7-13-4(6(15)16)3-14(5)7/h3,5H,1-2H2,(H,12,13)(H,15,16).